The number of likely N-dealkylation sites (N-methyl/N-ethyl adjacent to an activating group) is 1. The number of aliphatic imine (C=N–C) groups is 1. The minimum Gasteiger partial charge on any atom is -0.391 e. The molecule has 0 heterocycles. The molecule has 0 aromatic rings. The molecule has 0 aromatic heterocycles. The monoisotopic (exact) mass is 383 g/mol. The summed E-state index contributed by atoms with van der Waals surface area (Å²) >= 11 is 0. The predicted molar refractivity (Wildman–Crippen MR) is 128 cm³/mol. The number of hydrogen-bond donors (Lipinski definition) is 1. The molecule has 1 aliphatic carbocycles. The molecule has 3 nitrogen and oxygen atoms in total. The van der Waals surface area contributed by atoms with Gasteiger partial charge in [-0.3, -0.25) is 4.99 Å². The van der Waals surface area contributed by atoms with Gasteiger partial charge in [0.05, 0.1) is 0 Å². The maximum Gasteiger partial charge on any atom is 0.0492 e. The summed E-state index contributed by atoms with van der Waals surface area (Å²) in [5, 5.41) is 3.21. The van der Waals surface area contributed by atoms with E-state index in [-0.39, 0.29) is 0 Å². The largest absolute Gasteiger partial charge is 0.391 e. The Kier molecular flexibility index (Phi) is 13.7. The van der Waals surface area contributed by atoms with Crippen LogP contribution in [0, 0.1) is 5.92 Å². The van der Waals surface area contributed by atoms with Crippen molar-refractivity contribution in [3.05, 3.63) is 71.1 Å². The van der Waals surface area contributed by atoms with Gasteiger partial charge in [0.1, 0.15) is 0 Å². The molecule has 1 aliphatic rings. The topological polar surface area (TPSA) is 27.6 Å². The quantitative estimate of drug-likeness (QED) is 0.407. The van der Waals surface area contributed by atoms with Crippen molar-refractivity contribution in [2.45, 2.75) is 47.5 Å². The summed E-state index contributed by atoms with van der Waals surface area (Å²) in [7, 11) is 6.05. The highest BCUT2D eigenvalue weighted by molar-refractivity contribution is 5.56. The number of nitrogens with zero attached hydrogens (tertiary/aromatic N) is 2. The molecule has 28 heavy (non-hydrogen) atoms. The first kappa shape index (κ1) is 25.9. The summed E-state index contributed by atoms with van der Waals surface area (Å²) < 4.78 is 0. The Bertz CT molecular complexity index is 655. The van der Waals surface area contributed by atoms with E-state index in [4.69, 9.17) is 0 Å². The van der Waals surface area contributed by atoms with Crippen LogP contribution in [0.1, 0.15) is 47.5 Å². The third-order valence-corrected chi connectivity index (χ3v) is 4.57. The first-order chi connectivity index (χ1) is 13.3. The van der Waals surface area contributed by atoms with Crippen molar-refractivity contribution >= 4 is 6.21 Å². The van der Waals surface area contributed by atoms with Gasteiger partial charge in [-0.05, 0) is 64.4 Å². The van der Waals surface area contributed by atoms with Crippen LogP contribution < -0.4 is 5.32 Å². The van der Waals surface area contributed by atoms with Crippen LogP contribution >= 0.6 is 0 Å². The Labute approximate surface area is 174 Å². The van der Waals surface area contributed by atoms with Crippen LogP contribution in [0.3, 0.4) is 0 Å². The second-order valence-corrected chi connectivity index (χ2v) is 7.34. The molecule has 0 radical (unpaired) electrons. The average molecular weight is 384 g/mol. The molecule has 1 atom stereocenters. The van der Waals surface area contributed by atoms with E-state index in [0.29, 0.717) is 5.92 Å². The maximum absolute atomic E-state index is 4.51. The van der Waals surface area contributed by atoms with Gasteiger partial charge in [0.2, 0.25) is 0 Å². The molecule has 0 aliphatic heterocycles. The smallest absolute Gasteiger partial charge is 0.0492 e. The van der Waals surface area contributed by atoms with E-state index in [1.165, 1.54) is 22.5 Å². The summed E-state index contributed by atoms with van der Waals surface area (Å²) in [6.45, 7) is 15.4. The van der Waals surface area contributed by atoms with Crippen molar-refractivity contribution in [1.82, 2.24) is 10.2 Å². The van der Waals surface area contributed by atoms with Crippen molar-refractivity contribution in [1.29, 1.82) is 0 Å². The van der Waals surface area contributed by atoms with Gasteiger partial charge in [-0.2, -0.15) is 0 Å². The standard InChI is InChI=1S/C14H22N2.C11H19N/c1-5-11(3)13-9-7-8-12(15-4)10-14(13)16-6-2;1-6-10(2)7-8-11(3)9-12(4)5/h6-9,11,15H,5,10H2,1-4H3;6-8H,3,9H2,1-2,4-5H3/b;8-7-,10-6-/t11-;/m0./s1. The van der Waals surface area contributed by atoms with Crippen molar-refractivity contribution in [3.63, 3.8) is 0 Å². The molecular weight excluding hydrogens is 342 g/mol. The Balaban J connectivity index is 0.000000546. The molecule has 0 unspecified atom stereocenters. The molecule has 1 rings (SSSR count). The average Bonchev–Trinajstić information content (AvgIpc) is 2.87. The predicted octanol–water partition coefficient (Wildman–Crippen LogP) is 6.07. The van der Waals surface area contributed by atoms with Crippen LogP contribution in [-0.4, -0.2) is 38.8 Å². The second kappa shape index (κ2) is 14.9. The third-order valence-electron chi connectivity index (χ3n) is 4.57. The van der Waals surface area contributed by atoms with Crippen LogP contribution in [-0.2, 0) is 0 Å². The van der Waals surface area contributed by atoms with Gasteiger partial charge in [0.15, 0.2) is 0 Å². The summed E-state index contributed by atoms with van der Waals surface area (Å²) in [6, 6.07) is 0. The molecule has 3 heteroatoms. The minimum absolute atomic E-state index is 0.569. The lowest BCUT2D eigenvalue weighted by molar-refractivity contribution is 0.449. The summed E-state index contributed by atoms with van der Waals surface area (Å²) in [5.41, 5.74) is 6.18. The first-order valence-electron chi connectivity index (χ1n) is 10.2. The molecule has 156 valence electrons. The van der Waals surface area contributed by atoms with E-state index in [1.807, 2.05) is 41.2 Å². The minimum atomic E-state index is 0.569. The van der Waals surface area contributed by atoms with Gasteiger partial charge >= 0.3 is 0 Å². The zero-order chi connectivity index (χ0) is 21.5. The van der Waals surface area contributed by atoms with Crippen molar-refractivity contribution in [3.8, 4) is 0 Å². The lowest BCUT2D eigenvalue weighted by Gasteiger charge is -2.14. The number of rotatable bonds is 8. The second-order valence-electron chi connectivity index (χ2n) is 7.34. The van der Waals surface area contributed by atoms with Crippen molar-refractivity contribution in [2.75, 3.05) is 27.7 Å². The molecule has 0 bridgehead atoms. The molecular formula is C25H41N3. The van der Waals surface area contributed by atoms with Gasteiger partial charge in [0.25, 0.3) is 0 Å². The molecule has 1 N–H and O–H groups in total. The van der Waals surface area contributed by atoms with E-state index in [0.717, 1.165) is 25.0 Å². The highest BCUT2D eigenvalue weighted by Crippen LogP contribution is 2.26. The van der Waals surface area contributed by atoms with E-state index < -0.39 is 0 Å². The van der Waals surface area contributed by atoms with Gasteiger partial charge in [-0.15, -0.1) is 0 Å². The lowest BCUT2D eigenvalue weighted by atomic mass is 9.95. The lowest BCUT2D eigenvalue weighted by Crippen LogP contribution is -2.13. The normalized spacial score (nSPS) is 16.2. The fraction of sp³-hybridized carbons (Fsp3) is 0.480. The fourth-order valence-electron chi connectivity index (χ4n) is 2.63. The van der Waals surface area contributed by atoms with Crippen LogP contribution in [0.4, 0.5) is 0 Å². The third kappa shape index (κ3) is 10.9. The Morgan fingerprint density at radius 1 is 1.32 bits per heavy atom. The SMILES string of the molecule is C=C(/C=C\C(C)=C/C)CN(C)C.CC=NC1=C([C@@H](C)CC)C=CC=C(NC)C1. The summed E-state index contributed by atoms with van der Waals surface area (Å²) in [4.78, 5) is 6.62. The van der Waals surface area contributed by atoms with Crippen LogP contribution in [0.15, 0.2) is 76.1 Å². The summed E-state index contributed by atoms with van der Waals surface area (Å²) in [5.74, 6) is 0.569. The van der Waals surface area contributed by atoms with Crippen LogP contribution in [0.2, 0.25) is 0 Å². The molecule has 0 fully saturated rings. The molecule has 0 saturated heterocycles. The van der Waals surface area contributed by atoms with Gasteiger partial charge in [-0.25, -0.2) is 0 Å². The van der Waals surface area contributed by atoms with E-state index in [1.54, 1.807) is 0 Å². The number of hydrogen-bond acceptors (Lipinski definition) is 3. The number of allylic oxidation sites excluding steroid dienone is 7. The van der Waals surface area contributed by atoms with E-state index in [9.17, 15) is 0 Å². The Morgan fingerprint density at radius 2 is 2.00 bits per heavy atom. The Morgan fingerprint density at radius 3 is 2.50 bits per heavy atom. The summed E-state index contributed by atoms with van der Waals surface area (Å²) in [6.07, 6.45) is 16.6. The first-order valence-corrected chi connectivity index (χ1v) is 10.2. The molecule has 0 spiro atoms. The van der Waals surface area contributed by atoms with E-state index >= 15 is 0 Å². The maximum atomic E-state index is 4.51. The van der Waals surface area contributed by atoms with Crippen LogP contribution in [0.25, 0.3) is 0 Å². The van der Waals surface area contributed by atoms with E-state index in [2.05, 4.69) is 79.0 Å². The zero-order valence-corrected chi connectivity index (χ0v) is 19.3. The Hall–Kier alpha value is -2.13. The van der Waals surface area contributed by atoms with Gasteiger partial charge in [-0.1, -0.05) is 56.4 Å². The van der Waals surface area contributed by atoms with Gasteiger partial charge < -0.3 is 10.2 Å². The zero-order valence-electron chi connectivity index (χ0n) is 19.3. The fourth-order valence-corrected chi connectivity index (χ4v) is 2.63. The number of nitrogens with one attached hydrogen (secondary N) is 1. The molecule has 0 aromatic carbocycles. The van der Waals surface area contributed by atoms with Gasteiger partial charge in [0, 0.05) is 37.6 Å². The molecule has 0 amide bonds. The van der Waals surface area contributed by atoms with Crippen molar-refractivity contribution < 1.29 is 0 Å². The molecule has 0 saturated carbocycles. The highest BCUT2D eigenvalue weighted by Gasteiger charge is 2.12. The highest BCUT2D eigenvalue weighted by atomic mass is 15.0. The van der Waals surface area contributed by atoms with Crippen molar-refractivity contribution in [2.24, 2.45) is 10.9 Å². The van der Waals surface area contributed by atoms with Crippen LogP contribution in [0.5, 0.6) is 0 Å².